The van der Waals surface area contributed by atoms with E-state index in [1.165, 1.54) is 6.92 Å². The molecule has 25 heavy (non-hydrogen) atoms. The molecule has 0 atom stereocenters. The van der Waals surface area contributed by atoms with E-state index >= 15 is 0 Å². The number of nitrogens with one attached hydrogen (secondary N) is 3. The number of amides is 1. The van der Waals surface area contributed by atoms with Crippen molar-refractivity contribution in [2.45, 2.75) is 6.92 Å². The molecule has 0 aliphatic carbocycles. The molecule has 0 aliphatic heterocycles. The van der Waals surface area contributed by atoms with Crippen molar-refractivity contribution in [1.82, 2.24) is 0 Å². The van der Waals surface area contributed by atoms with Gasteiger partial charge in [-0.2, -0.15) is 5.26 Å². The van der Waals surface area contributed by atoms with Crippen molar-refractivity contribution in [3.8, 4) is 11.8 Å². The first kappa shape index (κ1) is 18.5. The summed E-state index contributed by atoms with van der Waals surface area (Å²) in [4.78, 5) is 11.0. The number of benzene rings is 2. The lowest BCUT2D eigenvalue weighted by atomic mass is 10.3. The van der Waals surface area contributed by atoms with E-state index < -0.39 is 0 Å². The van der Waals surface area contributed by atoms with E-state index in [-0.39, 0.29) is 12.5 Å². The van der Waals surface area contributed by atoms with Crippen LogP contribution in [0.15, 0.2) is 42.5 Å². The number of anilines is 3. The van der Waals surface area contributed by atoms with Crippen LogP contribution in [0.1, 0.15) is 6.92 Å². The zero-order valence-corrected chi connectivity index (χ0v) is 14.9. The van der Waals surface area contributed by atoms with Crippen LogP contribution in [0.3, 0.4) is 0 Å². The van der Waals surface area contributed by atoms with E-state index in [1.807, 2.05) is 6.07 Å². The molecule has 128 valence electrons. The fourth-order valence-electron chi connectivity index (χ4n) is 1.94. The summed E-state index contributed by atoms with van der Waals surface area (Å²) >= 11 is 11.4. The molecule has 2 aromatic rings. The molecule has 0 unspecified atom stereocenters. The van der Waals surface area contributed by atoms with Gasteiger partial charge in [0.25, 0.3) is 0 Å². The van der Waals surface area contributed by atoms with Crippen LogP contribution >= 0.6 is 23.8 Å². The quantitative estimate of drug-likeness (QED) is 0.685. The van der Waals surface area contributed by atoms with Gasteiger partial charge in [0, 0.05) is 24.0 Å². The maximum Gasteiger partial charge on any atom is 0.221 e. The van der Waals surface area contributed by atoms with E-state index in [4.69, 9.17) is 33.8 Å². The Morgan fingerprint density at radius 2 is 1.68 bits per heavy atom. The molecule has 1 amide bonds. The summed E-state index contributed by atoms with van der Waals surface area (Å²) in [7, 11) is 0. The molecular formula is C17H15ClN4O2S. The second-order valence-electron chi connectivity index (χ2n) is 4.93. The Morgan fingerprint density at radius 3 is 2.24 bits per heavy atom. The highest BCUT2D eigenvalue weighted by atomic mass is 35.5. The molecule has 8 heteroatoms. The summed E-state index contributed by atoms with van der Waals surface area (Å²) in [5.74, 6) is 0.304. The van der Waals surface area contributed by atoms with Crippen molar-refractivity contribution in [3.05, 3.63) is 47.5 Å². The Hall–Kier alpha value is -2.82. The van der Waals surface area contributed by atoms with Crippen molar-refractivity contribution in [3.63, 3.8) is 0 Å². The monoisotopic (exact) mass is 374 g/mol. The number of thiocarbonyl (C=S) groups is 1. The van der Waals surface area contributed by atoms with Crippen LogP contribution in [-0.2, 0) is 4.79 Å². The summed E-state index contributed by atoms with van der Waals surface area (Å²) < 4.78 is 5.18. The number of hydrogen-bond donors (Lipinski definition) is 3. The number of nitrogens with zero attached hydrogens (tertiary/aromatic N) is 1. The number of nitriles is 1. The number of carbonyl (C=O) groups is 1. The molecule has 0 radical (unpaired) electrons. The standard InChI is InChI=1S/C17H15ClN4O2S/c1-11(23)20-12-2-4-13(5-3-12)21-17(25)22-14-6-7-16(15(18)10-14)24-9-8-19/h2-7,10H,9H2,1H3,(H,20,23)(H2,21,22,25). The van der Waals surface area contributed by atoms with Crippen LogP contribution in [0, 0.1) is 11.3 Å². The van der Waals surface area contributed by atoms with Gasteiger partial charge in [-0.25, -0.2) is 0 Å². The number of halogens is 1. The topological polar surface area (TPSA) is 86.2 Å². The minimum absolute atomic E-state index is 0.0685. The first-order valence-electron chi connectivity index (χ1n) is 7.23. The van der Waals surface area contributed by atoms with Crippen LogP contribution in [0.5, 0.6) is 5.75 Å². The summed E-state index contributed by atoms with van der Waals surface area (Å²) in [5.41, 5.74) is 2.16. The molecule has 0 saturated heterocycles. The van der Waals surface area contributed by atoms with Gasteiger partial charge in [-0.1, -0.05) is 11.6 Å². The van der Waals surface area contributed by atoms with Crippen molar-refractivity contribution in [2.75, 3.05) is 22.6 Å². The van der Waals surface area contributed by atoms with Gasteiger partial charge in [-0.15, -0.1) is 0 Å². The lowest BCUT2D eigenvalue weighted by Gasteiger charge is -2.12. The van der Waals surface area contributed by atoms with Crippen LogP contribution in [0.2, 0.25) is 5.02 Å². The van der Waals surface area contributed by atoms with Crippen LogP contribution in [-0.4, -0.2) is 17.6 Å². The molecule has 0 bridgehead atoms. The van der Waals surface area contributed by atoms with Gasteiger partial charge in [0.15, 0.2) is 11.7 Å². The largest absolute Gasteiger partial charge is 0.477 e. The molecule has 6 nitrogen and oxygen atoms in total. The van der Waals surface area contributed by atoms with Crippen LogP contribution < -0.4 is 20.7 Å². The molecule has 0 spiro atoms. The second-order valence-corrected chi connectivity index (χ2v) is 5.75. The Labute approximate surface area is 155 Å². The number of hydrogen-bond acceptors (Lipinski definition) is 4. The zero-order valence-electron chi connectivity index (χ0n) is 13.3. The molecule has 0 saturated carbocycles. The van der Waals surface area contributed by atoms with E-state index in [0.29, 0.717) is 27.3 Å². The Kier molecular flexibility index (Phi) is 6.57. The summed E-state index contributed by atoms with van der Waals surface area (Å²) in [5, 5.41) is 18.0. The van der Waals surface area contributed by atoms with E-state index in [0.717, 1.165) is 5.69 Å². The fourth-order valence-corrected chi connectivity index (χ4v) is 2.41. The second kappa shape index (κ2) is 8.87. The lowest BCUT2D eigenvalue weighted by Crippen LogP contribution is -2.19. The van der Waals surface area contributed by atoms with Gasteiger partial charge >= 0.3 is 0 Å². The van der Waals surface area contributed by atoms with Crippen molar-refractivity contribution in [2.24, 2.45) is 0 Å². The third-order valence-corrected chi connectivity index (χ3v) is 3.44. The molecular weight excluding hydrogens is 360 g/mol. The van der Waals surface area contributed by atoms with Gasteiger partial charge in [0.2, 0.25) is 5.91 Å². The third-order valence-electron chi connectivity index (χ3n) is 2.95. The van der Waals surface area contributed by atoms with Gasteiger partial charge in [0.05, 0.1) is 5.02 Å². The lowest BCUT2D eigenvalue weighted by molar-refractivity contribution is -0.114. The molecule has 0 heterocycles. The van der Waals surface area contributed by atoms with Crippen molar-refractivity contribution in [1.29, 1.82) is 5.26 Å². The molecule has 0 fully saturated rings. The van der Waals surface area contributed by atoms with Gasteiger partial charge in [-0.05, 0) is 54.7 Å². The number of rotatable bonds is 5. The number of carbonyl (C=O) groups excluding carboxylic acids is 1. The first-order valence-corrected chi connectivity index (χ1v) is 8.01. The average molecular weight is 375 g/mol. The summed E-state index contributed by atoms with van der Waals surface area (Å²) in [6.07, 6.45) is 0. The van der Waals surface area contributed by atoms with Gasteiger partial charge in [-0.3, -0.25) is 4.79 Å². The molecule has 2 aromatic carbocycles. The Morgan fingerprint density at radius 1 is 1.12 bits per heavy atom. The molecule has 0 aromatic heterocycles. The minimum atomic E-state index is -0.128. The predicted molar refractivity (Wildman–Crippen MR) is 103 cm³/mol. The molecule has 0 aliphatic rings. The fraction of sp³-hybridized carbons (Fsp3) is 0.118. The maximum atomic E-state index is 11.0. The smallest absolute Gasteiger partial charge is 0.221 e. The predicted octanol–water partition coefficient (Wildman–Crippen LogP) is 4.01. The van der Waals surface area contributed by atoms with E-state index in [1.54, 1.807) is 42.5 Å². The Balaban J connectivity index is 1.94. The van der Waals surface area contributed by atoms with Crippen molar-refractivity contribution >= 4 is 51.9 Å². The van der Waals surface area contributed by atoms with Gasteiger partial charge in [0.1, 0.15) is 11.8 Å². The minimum Gasteiger partial charge on any atom is -0.477 e. The third kappa shape index (κ3) is 5.95. The van der Waals surface area contributed by atoms with Gasteiger partial charge < -0.3 is 20.7 Å². The Bertz CT molecular complexity index is 818. The highest BCUT2D eigenvalue weighted by Gasteiger charge is 2.05. The van der Waals surface area contributed by atoms with E-state index in [2.05, 4.69) is 16.0 Å². The maximum absolute atomic E-state index is 11.0. The zero-order chi connectivity index (χ0) is 18.2. The average Bonchev–Trinajstić information content (AvgIpc) is 2.55. The highest BCUT2D eigenvalue weighted by molar-refractivity contribution is 7.80. The SMILES string of the molecule is CC(=O)Nc1ccc(NC(=S)Nc2ccc(OCC#N)c(Cl)c2)cc1. The summed E-state index contributed by atoms with van der Waals surface area (Å²) in [6.45, 7) is 1.38. The van der Waals surface area contributed by atoms with Crippen molar-refractivity contribution < 1.29 is 9.53 Å². The summed E-state index contributed by atoms with van der Waals surface area (Å²) in [6, 6.07) is 14.1. The number of ether oxygens (including phenoxy) is 1. The molecule has 3 N–H and O–H groups in total. The van der Waals surface area contributed by atoms with E-state index in [9.17, 15) is 4.79 Å². The van der Waals surface area contributed by atoms with Crippen LogP contribution in [0.25, 0.3) is 0 Å². The highest BCUT2D eigenvalue weighted by Crippen LogP contribution is 2.27. The first-order chi connectivity index (χ1) is 12.0. The van der Waals surface area contributed by atoms with Crippen LogP contribution in [0.4, 0.5) is 17.1 Å². The molecule has 2 rings (SSSR count). The normalized spacial score (nSPS) is 9.64.